The predicted molar refractivity (Wildman–Crippen MR) is 125 cm³/mol. The minimum Gasteiger partial charge on any atom is -0.480 e. The van der Waals surface area contributed by atoms with Gasteiger partial charge in [-0.25, -0.2) is 9.59 Å². The number of nitrogens with one attached hydrogen (secondary N) is 2. The van der Waals surface area contributed by atoms with Crippen molar-refractivity contribution in [2.75, 3.05) is 20.3 Å². The second-order valence-electron chi connectivity index (χ2n) is 8.82. The van der Waals surface area contributed by atoms with E-state index in [9.17, 15) is 19.5 Å². The summed E-state index contributed by atoms with van der Waals surface area (Å²) in [6, 6.07) is 14.7. The summed E-state index contributed by atoms with van der Waals surface area (Å²) in [7, 11) is 1.38. The number of hydrogen-bond acceptors (Lipinski definition) is 5. The summed E-state index contributed by atoms with van der Waals surface area (Å²) in [5.74, 6) is -2.12. The summed E-state index contributed by atoms with van der Waals surface area (Å²) in [5.41, 5.74) is 4.56. The quantitative estimate of drug-likeness (QED) is 0.550. The van der Waals surface area contributed by atoms with Crippen molar-refractivity contribution in [1.29, 1.82) is 0 Å². The zero-order valence-electron chi connectivity index (χ0n) is 19.2. The maximum Gasteiger partial charge on any atom is 0.407 e. The molecule has 2 unspecified atom stereocenters. The third-order valence-corrected chi connectivity index (χ3v) is 6.70. The van der Waals surface area contributed by atoms with Crippen LogP contribution in [-0.4, -0.2) is 55.5 Å². The van der Waals surface area contributed by atoms with Crippen molar-refractivity contribution in [2.45, 2.75) is 43.7 Å². The van der Waals surface area contributed by atoms with E-state index in [1.54, 1.807) is 0 Å². The smallest absolute Gasteiger partial charge is 0.407 e. The van der Waals surface area contributed by atoms with Crippen LogP contribution in [-0.2, 0) is 19.1 Å². The minimum atomic E-state index is -1.16. The molecule has 8 heteroatoms. The number of aliphatic carboxylic acids is 1. The number of methoxy groups -OCH3 is 1. The Morgan fingerprint density at radius 2 is 1.62 bits per heavy atom. The molecule has 3 N–H and O–H groups in total. The summed E-state index contributed by atoms with van der Waals surface area (Å²) in [6.07, 6.45) is 2.34. The molecule has 0 spiro atoms. The van der Waals surface area contributed by atoms with Crippen molar-refractivity contribution in [3.63, 3.8) is 0 Å². The molecule has 2 aliphatic rings. The zero-order chi connectivity index (χ0) is 24.1. The van der Waals surface area contributed by atoms with E-state index in [0.717, 1.165) is 35.1 Å². The van der Waals surface area contributed by atoms with Gasteiger partial charge in [0.15, 0.2) is 6.04 Å². The van der Waals surface area contributed by atoms with Gasteiger partial charge in [-0.15, -0.1) is 0 Å². The van der Waals surface area contributed by atoms with E-state index in [1.807, 2.05) is 24.3 Å². The molecular weight excluding hydrogens is 436 g/mol. The van der Waals surface area contributed by atoms with Gasteiger partial charge >= 0.3 is 12.1 Å². The Bertz CT molecular complexity index is 1010. The Morgan fingerprint density at radius 1 is 1.00 bits per heavy atom. The molecule has 0 bridgehead atoms. The number of carboxylic acid groups (broad SMARTS) is 1. The number of alkyl carbamates (subject to hydrolysis) is 1. The van der Waals surface area contributed by atoms with Crippen molar-refractivity contribution in [2.24, 2.45) is 5.92 Å². The molecule has 2 aliphatic carbocycles. The van der Waals surface area contributed by atoms with Crippen molar-refractivity contribution in [3.8, 4) is 11.1 Å². The van der Waals surface area contributed by atoms with E-state index in [4.69, 9.17) is 9.47 Å². The number of carbonyl (C=O) groups is 3. The molecular formula is C26H30N2O6. The lowest BCUT2D eigenvalue weighted by atomic mass is 9.83. The van der Waals surface area contributed by atoms with Crippen molar-refractivity contribution < 1.29 is 29.0 Å². The Kier molecular flexibility index (Phi) is 7.47. The van der Waals surface area contributed by atoms with Crippen LogP contribution in [0.1, 0.15) is 42.7 Å². The summed E-state index contributed by atoms with van der Waals surface area (Å²) in [6.45, 7) is 0.0661. The Labute approximate surface area is 198 Å². The molecule has 2 amide bonds. The average Bonchev–Trinajstić information content (AvgIpc) is 3.16. The monoisotopic (exact) mass is 466 g/mol. The van der Waals surface area contributed by atoms with Crippen LogP contribution in [0.3, 0.4) is 0 Å². The molecule has 180 valence electrons. The highest BCUT2D eigenvalue weighted by molar-refractivity contribution is 5.86. The summed E-state index contributed by atoms with van der Waals surface area (Å²) < 4.78 is 10.5. The fourth-order valence-electron chi connectivity index (χ4n) is 5.03. The molecule has 1 saturated carbocycles. The molecule has 0 heterocycles. The number of rotatable bonds is 8. The first-order valence-corrected chi connectivity index (χ1v) is 11.6. The third kappa shape index (κ3) is 5.07. The zero-order valence-corrected chi connectivity index (χ0v) is 19.2. The van der Waals surface area contributed by atoms with Crippen LogP contribution in [0.15, 0.2) is 48.5 Å². The number of benzene rings is 2. The minimum absolute atomic E-state index is 0.0472. The highest BCUT2D eigenvalue weighted by atomic mass is 16.5. The molecule has 4 rings (SSSR count). The lowest BCUT2D eigenvalue weighted by Crippen LogP contribution is -2.52. The van der Waals surface area contributed by atoms with Gasteiger partial charge in [-0.3, -0.25) is 4.79 Å². The van der Waals surface area contributed by atoms with Gasteiger partial charge in [0.1, 0.15) is 6.61 Å². The van der Waals surface area contributed by atoms with Crippen molar-refractivity contribution in [3.05, 3.63) is 59.7 Å². The van der Waals surface area contributed by atoms with E-state index >= 15 is 0 Å². The van der Waals surface area contributed by atoms with Crippen LogP contribution in [0.25, 0.3) is 11.1 Å². The van der Waals surface area contributed by atoms with Crippen LogP contribution < -0.4 is 10.6 Å². The maximum atomic E-state index is 12.8. The van der Waals surface area contributed by atoms with Crippen molar-refractivity contribution in [1.82, 2.24) is 10.6 Å². The summed E-state index contributed by atoms with van der Waals surface area (Å²) in [5, 5.41) is 14.7. The van der Waals surface area contributed by atoms with Gasteiger partial charge < -0.3 is 25.2 Å². The van der Waals surface area contributed by atoms with E-state index in [0.29, 0.717) is 12.8 Å². The van der Waals surface area contributed by atoms with E-state index in [2.05, 4.69) is 34.9 Å². The van der Waals surface area contributed by atoms with Crippen LogP contribution in [0.2, 0.25) is 0 Å². The molecule has 0 aliphatic heterocycles. The Hall–Kier alpha value is -3.39. The molecule has 0 saturated heterocycles. The van der Waals surface area contributed by atoms with Gasteiger partial charge in [0, 0.05) is 19.1 Å². The van der Waals surface area contributed by atoms with Gasteiger partial charge in [0.2, 0.25) is 5.91 Å². The lowest BCUT2D eigenvalue weighted by molar-refractivity contribution is -0.144. The summed E-state index contributed by atoms with van der Waals surface area (Å²) in [4.78, 5) is 36.9. The molecule has 0 radical (unpaired) electrons. The molecule has 2 aromatic rings. The van der Waals surface area contributed by atoms with Gasteiger partial charge in [-0.1, -0.05) is 61.4 Å². The number of amides is 2. The van der Waals surface area contributed by atoms with Crippen LogP contribution in [0.5, 0.6) is 0 Å². The van der Waals surface area contributed by atoms with Gasteiger partial charge in [0.05, 0.1) is 12.5 Å². The maximum absolute atomic E-state index is 12.8. The number of fused-ring (bicyclic) bond motifs is 3. The van der Waals surface area contributed by atoms with E-state index in [1.165, 1.54) is 7.11 Å². The highest BCUT2D eigenvalue weighted by Gasteiger charge is 2.35. The van der Waals surface area contributed by atoms with Crippen molar-refractivity contribution >= 4 is 18.0 Å². The molecule has 2 aromatic carbocycles. The standard InChI is InChI=1S/C26H30N2O6/c1-33-15-23(25(30)31)27-24(29)20-12-6-7-13-22(20)28-26(32)34-14-21-18-10-4-2-8-16(18)17-9-3-5-11-19(17)21/h2-5,8-11,20-23H,6-7,12-15H2,1H3,(H,27,29)(H,28,32)(H,30,31)/t20?,22?,23-/m0/s1. The van der Waals surface area contributed by atoms with Gasteiger partial charge in [-0.2, -0.15) is 0 Å². The SMILES string of the molecule is COC[C@H](NC(=O)C1CCCCC1NC(=O)OCC1c2ccccc2-c2ccccc21)C(=O)O. The summed E-state index contributed by atoms with van der Waals surface area (Å²) >= 11 is 0. The molecule has 0 aromatic heterocycles. The van der Waals surface area contributed by atoms with Gasteiger partial charge in [0.25, 0.3) is 0 Å². The van der Waals surface area contributed by atoms with Crippen LogP contribution >= 0.6 is 0 Å². The second-order valence-corrected chi connectivity index (χ2v) is 8.82. The number of hydrogen-bond donors (Lipinski definition) is 3. The molecule has 3 atom stereocenters. The second kappa shape index (κ2) is 10.7. The Balaban J connectivity index is 1.38. The third-order valence-electron chi connectivity index (χ3n) is 6.70. The fraction of sp³-hybridized carbons (Fsp3) is 0.423. The fourth-order valence-corrected chi connectivity index (χ4v) is 5.03. The Morgan fingerprint density at radius 3 is 2.24 bits per heavy atom. The van der Waals surface area contributed by atoms with Crippen LogP contribution in [0.4, 0.5) is 4.79 Å². The van der Waals surface area contributed by atoms with E-state index in [-0.39, 0.29) is 19.1 Å². The van der Waals surface area contributed by atoms with Gasteiger partial charge in [-0.05, 0) is 35.1 Å². The normalized spacial score (nSPS) is 20.0. The lowest BCUT2D eigenvalue weighted by Gasteiger charge is -2.31. The largest absolute Gasteiger partial charge is 0.480 e. The highest BCUT2D eigenvalue weighted by Crippen LogP contribution is 2.44. The van der Waals surface area contributed by atoms with Crippen LogP contribution in [0, 0.1) is 5.92 Å². The first kappa shape index (κ1) is 23.8. The first-order valence-electron chi connectivity index (χ1n) is 11.6. The molecule has 8 nitrogen and oxygen atoms in total. The average molecular weight is 467 g/mol. The topological polar surface area (TPSA) is 114 Å². The predicted octanol–water partition coefficient (Wildman–Crippen LogP) is 3.30. The number of ether oxygens (including phenoxy) is 2. The number of carboxylic acids is 1. The molecule has 1 fully saturated rings. The number of carbonyl (C=O) groups excluding carboxylic acids is 2. The first-order chi connectivity index (χ1) is 16.5. The van der Waals surface area contributed by atoms with E-state index < -0.39 is 36.0 Å². The molecule has 34 heavy (non-hydrogen) atoms.